The summed E-state index contributed by atoms with van der Waals surface area (Å²) in [7, 11) is 0. The molecule has 0 fully saturated rings. The molecule has 1 N–H and O–H groups in total. The predicted molar refractivity (Wildman–Crippen MR) is 73.1 cm³/mol. The lowest BCUT2D eigenvalue weighted by Gasteiger charge is -2.19. The van der Waals surface area contributed by atoms with Gasteiger partial charge in [0.25, 0.3) is 0 Å². The van der Waals surface area contributed by atoms with E-state index in [9.17, 15) is 4.79 Å². The van der Waals surface area contributed by atoms with Crippen LogP contribution in [0.3, 0.4) is 0 Å². The van der Waals surface area contributed by atoms with Crippen LogP contribution < -0.4 is 4.90 Å². The van der Waals surface area contributed by atoms with E-state index in [0.29, 0.717) is 5.82 Å². The lowest BCUT2D eigenvalue weighted by Crippen LogP contribution is -2.34. The maximum atomic E-state index is 12.0. The second kappa shape index (κ2) is 7.20. The highest BCUT2D eigenvalue weighted by Gasteiger charge is 2.17. The summed E-state index contributed by atoms with van der Waals surface area (Å²) in [6.45, 7) is 0.113. The van der Waals surface area contributed by atoms with Crippen molar-refractivity contribution in [3.05, 3.63) is 54.5 Å². The largest absolute Gasteiger partial charge is 0.444 e. The van der Waals surface area contributed by atoms with Gasteiger partial charge in [-0.2, -0.15) is 0 Å². The zero-order chi connectivity index (χ0) is 14.2. The Balaban J connectivity index is 2.01. The quantitative estimate of drug-likeness (QED) is 0.895. The zero-order valence-electron chi connectivity index (χ0n) is 10.8. The summed E-state index contributed by atoms with van der Waals surface area (Å²) in [6.07, 6.45) is 2.31. The summed E-state index contributed by atoms with van der Waals surface area (Å²) in [5, 5.41) is 9.04. The second-order valence-electron chi connectivity index (χ2n) is 3.98. The minimum absolute atomic E-state index is 0.116. The highest BCUT2D eigenvalue weighted by atomic mass is 16.6. The summed E-state index contributed by atoms with van der Waals surface area (Å²) >= 11 is 0. The van der Waals surface area contributed by atoms with E-state index in [-0.39, 0.29) is 19.8 Å². The van der Waals surface area contributed by atoms with Crippen LogP contribution in [0.15, 0.2) is 48.9 Å². The fourth-order valence-electron chi connectivity index (χ4n) is 1.64. The van der Waals surface area contributed by atoms with Gasteiger partial charge in [-0.15, -0.1) is 0 Å². The molecule has 1 amide bonds. The third kappa shape index (κ3) is 3.76. The van der Waals surface area contributed by atoms with Gasteiger partial charge in [0.05, 0.1) is 13.2 Å². The smallest absolute Gasteiger partial charge is 0.415 e. The van der Waals surface area contributed by atoms with Gasteiger partial charge in [-0.3, -0.25) is 4.90 Å². The van der Waals surface area contributed by atoms with E-state index in [1.807, 2.05) is 30.3 Å². The third-order valence-electron chi connectivity index (χ3n) is 2.59. The highest BCUT2D eigenvalue weighted by molar-refractivity contribution is 5.86. The molecular weight excluding hydrogens is 258 g/mol. The van der Waals surface area contributed by atoms with Gasteiger partial charge in [-0.05, 0) is 11.6 Å². The number of benzene rings is 1. The number of hydrogen-bond donors (Lipinski definition) is 1. The van der Waals surface area contributed by atoms with Crippen LogP contribution in [0.25, 0.3) is 0 Å². The Bertz CT molecular complexity index is 534. The Labute approximate surface area is 116 Å². The van der Waals surface area contributed by atoms with Gasteiger partial charge < -0.3 is 9.84 Å². The zero-order valence-corrected chi connectivity index (χ0v) is 10.8. The lowest BCUT2D eigenvalue weighted by atomic mass is 10.2. The average Bonchev–Trinajstić information content (AvgIpc) is 2.52. The van der Waals surface area contributed by atoms with Gasteiger partial charge in [-0.1, -0.05) is 30.3 Å². The number of carbonyl (C=O) groups excluding carboxylic acids is 1. The number of amides is 1. The van der Waals surface area contributed by atoms with E-state index in [1.165, 1.54) is 17.4 Å². The molecule has 2 rings (SSSR count). The van der Waals surface area contributed by atoms with Gasteiger partial charge >= 0.3 is 6.09 Å². The summed E-state index contributed by atoms with van der Waals surface area (Å²) in [6, 6.07) is 11.0. The summed E-state index contributed by atoms with van der Waals surface area (Å²) in [5.41, 5.74) is 0.896. The molecular formula is C14H15N3O3. The number of nitrogens with zero attached hydrogens (tertiary/aromatic N) is 3. The molecule has 0 atom stereocenters. The van der Waals surface area contributed by atoms with Crippen LogP contribution in [0, 0.1) is 0 Å². The van der Waals surface area contributed by atoms with Crippen molar-refractivity contribution in [3.63, 3.8) is 0 Å². The normalized spacial score (nSPS) is 10.1. The highest BCUT2D eigenvalue weighted by Crippen LogP contribution is 2.11. The number of ether oxygens (including phenoxy) is 1. The van der Waals surface area contributed by atoms with Gasteiger partial charge in [0.2, 0.25) is 0 Å². The van der Waals surface area contributed by atoms with E-state index in [4.69, 9.17) is 9.84 Å². The van der Waals surface area contributed by atoms with E-state index in [2.05, 4.69) is 9.97 Å². The maximum absolute atomic E-state index is 12.0. The number of aromatic nitrogens is 2. The van der Waals surface area contributed by atoms with Gasteiger partial charge in [0, 0.05) is 6.20 Å². The van der Waals surface area contributed by atoms with Crippen LogP contribution >= 0.6 is 0 Å². The number of aliphatic hydroxyl groups excluding tert-OH is 1. The van der Waals surface area contributed by atoms with Gasteiger partial charge in [0.1, 0.15) is 18.8 Å². The summed E-state index contributed by atoms with van der Waals surface area (Å²) < 4.78 is 5.21. The fourth-order valence-corrected chi connectivity index (χ4v) is 1.64. The molecule has 0 saturated carbocycles. The first-order valence-electron chi connectivity index (χ1n) is 6.16. The minimum Gasteiger partial charge on any atom is -0.444 e. The molecule has 6 heteroatoms. The van der Waals surface area contributed by atoms with Crippen LogP contribution in [-0.4, -0.2) is 34.3 Å². The Hall–Kier alpha value is -2.47. The lowest BCUT2D eigenvalue weighted by molar-refractivity contribution is 0.145. The van der Waals surface area contributed by atoms with Crippen molar-refractivity contribution in [3.8, 4) is 0 Å². The van der Waals surface area contributed by atoms with Crippen LogP contribution in [0.5, 0.6) is 0 Å². The molecule has 0 spiro atoms. The van der Waals surface area contributed by atoms with Crippen LogP contribution in [0.4, 0.5) is 10.6 Å². The molecule has 0 saturated heterocycles. The molecule has 0 bridgehead atoms. The molecule has 1 aromatic heterocycles. The van der Waals surface area contributed by atoms with Crippen molar-refractivity contribution in [1.82, 2.24) is 9.97 Å². The first-order valence-corrected chi connectivity index (χ1v) is 6.16. The molecule has 0 aliphatic heterocycles. The number of rotatable bonds is 5. The molecule has 0 unspecified atom stereocenters. The van der Waals surface area contributed by atoms with Crippen molar-refractivity contribution in [2.45, 2.75) is 6.61 Å². The Morgan fingerprint density at radius 1 is 1.25 bits per heavy atom. The van der Waals surface area contributed by atoms with Crippen LogP contribution in [0.2, 0.25) is 0 Å². The van der Waals surface area contributed by atoms with E-state index in [0.717, 1.165) is 5.56 Å². The predicted octanol–water partition coefficient (Wildman–Crippen LogP) is 1.61. The topological polar surface area (TPSA) is 75.5 Å². The maximum Gasteiger partial charge on any atom is 0.415 e. The third-order valence-corrected chi connectivity index (χ3v) is 2.59. The molecule has 0 aliphatic carbocycles. The number of carbonyl (C=O) groups is 1. The van der Waals surface area contributed by atoms with Crippen molar-refractivity contribution in [2.75, 3.05) is 18.1 Å². The SMILES string of the molecule is O=C(OCc1ccccc1)N(CCO)c1ccncn1. The second-order valence-corrected chi connectivity index (χ2v) is 3.98. The molecule has 6 nitrogen and oxygen atoms in total. The number of anilines is 1. The van der Waals surface area contributed by atoms with Crippen LogP contribution in [-0.2, 0) is 11.3 Å². The van der Waals surface area contributed by atoms with Gasteiger partial charge in [-0.25, -0.2) is 14.8 Å². The molecule has 0 aliphatic rings. The summed E-state index contributed by atoms with van der Waals surface area (Å²) in [5.74, 6) is 0.395. The Morgan fingerprint density at radius 3 is 2.70 bits per heavy atom. The Morgan fingerprint density at radius 2 is 2.05 bits per heavy atom. The standard InChI is InChI=1S/C14H15N3O3/c18-9-8-17(13-6-7-15-11-16-13)14(19)20-10-12-4-2-1-3-5-12/h1-7,11,18H,8-10H2. The molecule has 20 heavy (non-hydrogen) atoms. The molecule has 2 aromatic rings. The first-order chi connectivity index (χ1) is 9.81. The first kappa shape index (κ1) is 14.0. The molecule has 1 heterocycles. The molecule has 104 valence electrons. The minimum atomic E-state index is -0.554. The molecule has 1 aromatic carbocycles. The monoisotopic (exact) mass is 273 g/mol. The van der Waals surface area contributed by atoms with E-state index in [1.54, 1.807) is 6.07 Å². The average molecular weight is 273 g/mol. The van der Waals surface area contributed by atoms with E-state index < -0.39 is 6.09 Å². The Kier molecular flexibility index (Phi) is 5.02. The van der Waals surface area contributed by atoms with Crippen LogP contribution in [0.1, 0.15) is 5.56 Å². The number of hydrogen-bond acceptors (Lipinski definition) is 5. The summed E-state index contributed by atoms with van der Waals surface area (Å²) in [4.78, 5) is 21.1. The van der Waals surface area contributed by atoms with Gasteiger partial charge in [0.15, 0.2) is 0 Å². The van der Waals surface area contributed by atoms with E-state index >= 15 is 0 Å². The van der Waals surface area contributed by atoms with Crippen molar-refractivity contribution >= 4 is 11.9 Å². The number of aliphatic hydroxyl groups is 1. The fraction of sp³-hybridized carbons (Fsp3) is 0.214. The van der Waals surface area contributed by atoms with Crippen molar-refractivity contribution in [1.29, 1.82) is 0 Å². The van der Waals surface area contributed by atoms with Crippen molar-refractivity contribution in [2.24, 2.45) is 0 Å². The van der Waals surface area contributed by atoms with Crippen molar-refractivity contribution < 1.29 is 14.6 Å². The molecule has 0 radical (unpaired) electrons.